The van der Waals surface area contributed by atoms with Gasteiger partial charge in [-0.05, 0) is 30.4 Å². The van der Waals surface area contributed by atoms with Crippen molar-refractivity contribution < 1.29 is 0 Å². The second kappa shape index (κ2) is 5.83. The Morgan fingerprint density at radius 1 is 0.944 bits per heavy atom. The summed E-state index contributed by atoms with van der Waals surface area (Å²) in [6, 6.07) is 19.2. The van der Waals surface area contributed by atoms with Crippen LogP contribution in [0.15, 0.2) is 54.6 Å². The Kier molecular flexibility index (Phi) is 4.16. The largest absolute Gasteiger partial charge is 0.324 e. The molecule has 0 aliphatic rings. The summed E-state index contributed by atoms with van der Waals surface area (Å²) in [6.45, 7) is 4.33. The zero-order chi connectivity index (χ0) is 13.0. The van der Waals surface area contributed by atoms with Crippen LogP contribution in [0.3, 0.4) is 0 Å². The normalized spacial score (nSPS) is 14.2. The smallest absolute Gasteiger partial charge is 0.0324 e. The van der Waals surface area contributed by atoms with Gasteiger partial charge in [0.25, 0.3) is 0 Å². The van der Waals surface area contributed by atoms with Crippen LogP contribution in [0.4, 0.5) is 0 Å². The molecule has 1 heteroatoms. The molecule has 2 rings (SSSR count). The van der Waals surface area contributed by atoms with Crippen molar-refractivity contribution in [1.82, 2.24) is 0 Å². The molecule has 0 fully saturated rings. The predicted octanol–water partition coefficient (Wildman–Crippen LogP) is 3.87. The summed E-state index contributed by atoms with van der Waals surface area (Å²) in [5.41, 5.74) is 10.2. The van der Waals surface area contributed by atoms with Gasteiger partial charge in [0.15, 0.2) is 0 Å². The Morgan fingerprint density at radius 3 is 2.17 bits per heavy atom. The van der Waals surface area contributed by atoms with E-state index in [1.807, 2.05) is 18.2 Å². The minimum Gasteiger partial charge on any atom is -0.324 e. The predicted molar refractivity (Wildman–Crippen MR) is 77.4 cm³/mol. The summed E-state index contributed by atoms with van der Waals surface area (Å²) in [5.74, 6) is 0.440. The van der Waals surface area contributed by atoms with Crippen molar-refractivity contribution in [2.45, 2.75) is 26.3 Å². The molecular formula is C17H21N. The molecule has 0 amide bonds. The summed E-state index contributed by atoms with van der Waals surface area (Å²) in [7, 11) is 0. The van der Waals surface area contributed by atoms with Gasteiger partial charge in [0.05, 0.1) is 0 Å². The quantitative estimate of drug-likeness (QED) is 0.861. The van der Waals surface area contributed by atoms with Gasteiger partial charge in [0.1, 0.15) is 0 Å². The first-order chi connectivity index (χ1) is 8.66. The topological polar surface area (TPSA) is 26.0 Å². The van der Waals surface area contributed by atoms with E-state index in [-0.39, 0.29) is 6.04 Å². The molecule has 2 atom stereocenters. The summed E-state index contributed by atoms with van der Waals surface area (Å²) < 4.78 is 0. The summed E-state index contributed by atoms with van der Waals surface area (Å²) in [6.07, 6.45) is 1.02. The van der Waals surface area contributed by atoms with Crippen LogP contribution < -0.4 is 5.73 Å². The van der Waals surface area contributed by atoms with Gasteiger partial charge in [-0.2, -0.15) is 0 Å². The van der Waals surface area contributed by atoms with E-state index in [0.29, 0.717) is 5.92 Å². The molecule has 1 nitrogen and oxygen atoms in total. The maximum atomic E-state index is 6.32. The van der Waals surface area contributed by atoms with Gasteiger partial charge >= 0.3 is 0 Å². The fraction of sp³-hybridized carbons (Fsp3) is 0.294. The van der Waals surface area contributed by atoms with Gasteiger partial charge in [-0.3, -0.25) is 0 Å². The zero-order valence-electron chi connectivity index (χ0n) is 11.1. The molecule has 0 radical (unpaired) electrons. The number of hydrogen-bond acceptors (Lipinski definition) is 1. The van der Waals surface area contributed by atoms with Crippen molar-refractivity contribution in [3.8, 4) is 0 Å². The number of aryl methyl sites for hydroxylation is 1. The lowest BCUT2D eigenvalue weighted by Gasteiger charge is -2.20. The van der Waals surface area contributed by atoms with Crippen LogP contribution in [-0.2, 0) is 6.42 Å². The molecule has 2 N–H and O–H groups in total. The Balaban J connectivity index is 2.03. The van der Waals surface area contributed by atoms with E-state index in [4.69, 9.17) is 5.73 Å². The van der Waals surface area contributed by atoms with Crippen molar-refractivity contribution in [3.63, 3.8) is 0 Å². The van der Waals surface area contributed by atoms with Crippen molar-refractivity contribution in [2.24, 2.45) is 11.7 Å². The second-order valence-electron chi connectivity index (χ2n) is 5.10. The van der Waals surface area contributed by atoms with E-state index in [2.05, 4.69) is 50.2 Å². The maximum absolute atomic E-state index is 6.32. The molecule has 2 unspecified atom stereocenters. The number of benzene rings is 2. The van der Waals surface area contributed by atoms with Crippen molar-refractivity contribution in [3.05, 3.63) is 71.3 Å². The minimum absolute atomic E-state index is 0.104. The van der Waals surface area contributed by atoms with Crippen molar-refractivity contribution >= 4 is 0 Å². The summed E-state index contributed by atoms with van der Waals surface area (Å²) in [5, 5.41) is 0. The van der Waals surface area contributed by atoms with Crippen LogP contribution in [0.25, 0.3) is 0 Å². The third kappa shape index (κ3) is 3.21. The molecule has 0 bridgehead atoms. The van der Waals surface area contributed by atoms with E-state index >= 15 is 0 Å². The first-order valence-electron chi connectivity index (χ1n) is 6.53. The third-order valence-corrected chi connectivity index (χ3v) is 3.48. The van der Waals surface area contributed by atoms with Gasteiger partial charge in [0, 0.05) is 6.04 Å². The Morgan fingerprint density at radius 2 is 1.56 bits per heavy atom. The van der Waals surface area contributed by atoms with E-state index in [1.165, 1.54) is 16.7 Å². The SMILES string of the molecule is Cc1ccc(CC(C)C(N)c2ccccc2)cc1. The van der Waals surface area contributed by atoms with E-state index in [9.17, 15) is 0 Å². The first kappa shape index (κ1) is 12.8. The lowest BCUT2D eigenvalue weighted by Crippen LogP contribution is -2.20. The van der Waals surface area contributed by atoms with E-state index < -0.39 is 0 Å². The van der Waals surface area contributed by atoms with E-state index in [1.54, 1.807) is 0 Å². The first-order valence-corrected chi connectivity index (χ1v) is 6.53. The monoisotopic (exact) mass is 239 g/mol. The number of hydrogen-bond donors (Lipinski definition) is 1. The molecule has 94 valence electrons. The average Bonchev–Trinajstić information content (AvgIpc) is 2.41. The number of nitrogens with two attached hydrogens (primary N) is 1. The molecule has 0 aliphatic carbocycles. The molecule has 0 aliphatic heterocycles. The molecule has 0 saturated carbocycles. The lowest BCUT2D eigenvalue weighted by molar-refractivity contribution is 0.468. The summed E-state index contributed by atoms with van der Waals surface area (Å²) in [4.78, 5) is 0. The van der Waals surface area contributed by atoms with Crippen LogP contribution in [0, 0.1) is 12.8 Å². The maximum Gasteiger partial charge on any atom is 0.0324 e. The molecule has 18 heavy (non-hydrogen) atoms. The average molecular weight is 239 g/mol. The molecule has 0 aromatic heterocycles. The van der Waals surface area contributed by atoms with Crippen molar-refractivity contribution in [2.75, 3.05) is 0 Å². The highest BCUT2D eigenvalue weighted by molar-refractivity contribution is 5.23. The van der Waals surface area contributed by atoms with Gasteiger partial charge in [-0.15, -0.1) is 0 Å². The van der Waals surface area contributed by atoms with Gasteiger partial charge < -0.3 is 5.73 Å². The Hall–Kier alpha value is -1.60. The highest BCUT2D eigenvalue weighted by Gasteiger charge is 2.14. The molecule has 0 heterocycles. The molecule has 2 aromatic rings. The fourth-order valence-electron chi connectivity index (χ4n) is 2.23. The van der Waals surface area contributed by atoms with Gasteiger partial charge in [-0.1, -0.05) is 67.1 Å². The van der Waals surface area contributed by atoms with Crippen LogP contribution >= 0.6 is 0 Å². The molecule has 0 saturated heterocycles. The van der Waals surface area contributed by atoms with Crippen LogP contribution in [-0.4, -0.2) is 0 Å². The third-order valence-electron chi connectivity index (χ3n) is 3.48. The number of rotatable bonds is 4. The second-order valence-corrected chi connectivity index (χ2v) is 5.10. The van der Waals surface area contributed by atoms with Crippen molar-refractivity contribution in [1.29, 1.82) is 0 Å². The van der Waals surface area contributed by atoms with Crippen LogP contribution in [0.5, 0.6) is 0 Å². The van der Waals surface area contributed by atoms with E-state index in [0.717, 1.165) is 6.42 Å². The van der Waals surface area contributed by atoms with Gasteiger partial charge in [0.2, 0.25) is 0 Å². The lowest BCUT2D eigenvalue weighted by atomic mass is 9.90. The minimum atomic E-state index is 0.104. The fourth-order valence-corrected chi connectivity index (χ4v) is 2.23. The standard InChI is InChI=1S/C17H21N/c1-13-8-10-15(11-9-13)12-14(2)17(18)16-6-4-3-5-7-16/h3-11,14,17H,12,18H2,1-2H3. The molecular weight excluding hydrogens is 218 g/mol. The highest BCUT2D eigenvalue weighted by Crippen LogP contribution is 2.22. The molecule has 2 aromatic carbocycles. The Labute approximate surface area is 110 Å². The summed E-state index contributed by atoms with van der Waals surface area (Å²) >= 11 is 0. The highest BCUT2D eigenvalue weighted by atomic mass is 14.6. The van der Waals surface area contributed by atoms with Crippen LogP contribution in [0.2, 0.25) is 0 Å². The zero-order valence-corrected chi connectivity index (χ0v) is 11.1. The molecule has 0 spiro atoms. The van der Waals surface area contributed by atoms with Gasteiger partial charge in [-0.25, -0.2) is 0 Å². The Bertz CT molecular complexity index is 473. The van der Waals surface area contributed by atoms with Crippen LogP contribution in [0.1, 0.15) is 29.7 Å².